The van der Waals surface area contributed by atoms with Crippen molar-refractivity contribution in [1.82, 2.24) is 20.5 Å². The van der Waals surface area contributed by atoms with Gasteiger partial charge in [0.05, 0.1) is 0 Å². The molecule has 1 unspecified atom stereocenters. The van der Waals surface area contributed by atoms with Crippen LogP contribution in [-0.4, -0.2) is 43.3 Å². The van der Waals surface area contributed by atoms with Crippen molar-refractivity contribution in [2.75, 3.05) is 18.1 Å². The van der Waals surface area contributed by atoms with Gasteiger partial charge in [0.2, 0.25) is 5.82 Å². The molecule has 0 aliphatic rings. The van der Waals surface area contributed by atoms with Crippen molar-refractivity contribution >= 4 is 16.7 Å². The Morgan fingerprint density at radius 3 is 2.61 bits per heavy atom. The van der Waals surface area contributed by atoms with E-state index >= 15 is 0 Å². The lowest BCUT2D eigenvalue weighted by Gasteiger charge is -2.12. The van der Waals surface area contributed by atoms with E-state index in [1.165, 1.54) is 0 Å². The zero-order valence-corrected chi connectivity index (χ0v) is 12.1. The number of aromatic amines is 1. The topological polar surface area (TPSA) is 87.7 Å². The number of nitrogens with zero attached hydrogens (tertiary/aromatic N) is 2. The summed E-state index contributed by atoms with van der Waals surface area (Å²) in [6.07, 6.45) is 0. The third-order valence-electron chi connectivity index (χ3n) is 2.34. The standard InChI is InChI=1S/C11H20N4O2S/c1-5-18(17)7-6-12-9(16)8-13-10(15-14-8)11(2,3)4/h5-7H2,1-4H3,(H,12,16)(H,13,14,15). The monoisotopic (exact) mass is 272 g/mol. The molecule has 0 fully saturated rings. The second-order valence-electron chi connectivity index (χ2n) is 4.95. The molecule has 18 heavy (non-hydrogen) atoms. The summed E-state index contributed by atoms with van der Waals surface area (Å²) in [6.45, 7) is 8.18. The Kier molecular flexibility index (Phi) is 5.01. The summed E-state index contributed by atoms with van der Waals surface area (Å²) < 4.78 is 11.2. The molecule has 0 aromatic carbocycles. The SMILES string of the molecule is CCS(=O)CCNC(=O)c1n[nH]c(C(C)(C)C)n1. The lowest BCUT2D eigenvalue weighted by Crippen LogP contribution is -2.29. The fraction of sp³-hybridized carbons (Fsp3) is 0.727. The second-order valence-corrected chi connectivity index (χ2v) is 6.81. The number of hydrogen-bond donors (Lipinski definition) is 2. The van der Waals surface area contributed by atoms with Gasteiger partial charge in [-0.1, -0.05) is 27.7 Å². The van der Waals surface area contributed by atoms with Crippen LogP contribution in [-0.2, 0) is 16.2 Å². The molecule has 1 amide bonds. The lowest BCUT2D eigenvalue weighted by atomic mass is 9.96. The second kappa shape index (κ2) is 6.08. The van der Waals surface area contributed by atoms with Crippen LogP contribution in [0, 0.1) is 0 Å². The predicted molar refractivity (Wildman–Crippen MR) is 71.0 cm³/mol. The first-order valence-electron chi connectivity index (χ1n) is 5.90. The third-order valence-corrected chi connectivity index (χ3v) is 3.64. The van der Waals surface area contributed by atoms with E-state index < -0.39 is 10.8 Å². The first-order valence-corrected chi connectivity index (χ1v) is 7.39. The summed E-state index contributed by atoms with van der Waals surface area (Å²) in [5, 5.41) is 9.28. The highest BCUT2D eigenvalue weighted by atomic mass is 32.2. The van der Waals surface area contributed by atoms with E-state index in [-0.39, 0.29) is 17.1 Å². The van der Waals surface area contributed by atoms with E-state index in [2.05, 4.69) is 20.5 Å². The van der Waals surface area contributed by atoms with Crippen LogP contribution < -0.4 is 5.32 Å². The minimum Gasteiger partial charge on any atom is -0.348 e. The van der Waals surface area contributed by atoms with Crippen LogP contribution in [0.4, 0.5) is 0 Å². The fourth-order valence-electron chi connectivity index (χ4n) is 1.20. The molecule has 0 saturated heterocycles. The maximum Gasteiger partial charge on any atom is 0.290 e. The van der Waals surface area contributed by atoms with Gasteiger partial charge in [0.15, 0.2) is 0 Å². The van der Waals surface area contributed by atoms with Gasteiger partial charge in [-0.2, -0.15) is 0 Å². The maximum atomic E-state index is 11.7. The summed E-state index contributed by atoms with van der Waals surface area (Å²) in [7, 11) is -0.872. The van der Waals surface area contributed by atoms with Crippen molar-refractivity contribution in [3.05, 3.63) is 11.6 Å². The van der Waals surface area contributed by atoms with Crippen LogP contribution in [0.1, 0.15) is 44.1 Å². The average Bonchev–Trinajstić information content (AvgIpc) is 2.77. The molecule has 1 rings (SSSR count). The Morgan fingerprint density at radius 2 is 2.11 bits per heavy atom. The molecule has 1 heterocycles. The first kappa shape index (κ1) is 14.8. The van der Waals surface area contributed by atoms with Crippen molar-refractivity contribution in [3.63, 3.8) is 0 Å². The Morgan fingerprint density at radius 1 is 1.44 bits per heavy atom. The number of H-pyrrole nitrogens is 1. The van der Waals surface area contributed by atoms with Gasteiger partial charge in [0.1, 0.15) is 5.82 Å². The van der Waals surface area contributed by atoms with Gasteiger partial charge in [-0.15, -0.1) is 5.10 Å². The zero-order chi connectivity index (χ0) is 13.8. The van der Waals surface area contributed by atoms with Crippen LogP contribution in [0.25, 0.3) is 0 Å². The third kappa shape index (κ3) is 4.21. The van der Waals surface area contributed by atoms with Crippen LogP contribution in [0.2, 0.25) is 0 Å². The summed E-state index contributed by atoms with van der Waals surface area (Å²) in [5.41, 5.74) is -0.171. The highest BCUT2D eigenvalue weighted by Crippen LogP contribution is 2.17. The summed E-state index contributed by atoms with van der Waals surface area (Å²) in [4.78, 5) is 15.8. The van der Waals surface area contributed by atoms with E-state index in [0.29, 0.717) is 23.9 Å². The molecule has 0 aliphatic heterocycles. The Balaban J connectivity index is 2.52. The molecule has 0 spiro atoms. The molecule has 0 aliphatic carbocycles. The van der Waals surface area contributed by atoms with E-state index in [0.717, 1.165) is 0 Å². The highest BCUT2D eigenvalue weighted by Gasteiger charge is 2.21. The minimum atomic E-state index is -0.872. The quantitative estimate of drug-likeness (QED) is 0.821. The summed E-state index contributed by atoms with van der Waals surface area (Å²) >= 11 is 0. The maximum absolute atomic E-state index is 11.7. The van der Waals surface area contributed by atoms with Crippen LogP contribution in [0.5, 0.6) is 0 Å². The number of amides is 1. The van der Waals surface area contributed by atoms with Gasteiger partial charge in [-0.25, -0.2) is 4.98 Å². The van der Waals surface area contributed by atoms with E-state index in [9.17, 15) is 9.00 Å². The molecule has 0 radical (unpaired) electrons. The van der Waals surface area contributed by atoms with Crippen molar-refractivity contribution in [2.45, 2.75) is 33.1 Å². The van der Waals surface area contributed by atoms with Crippen LogP contribution >= 0.6 is 0 Å². The van der Waals surface area contributed by atoms with Gasteiger partial charge in [-0.05, 0) is 0 Å². The smallest absolute Gasteiger partial charge is 0.290 e. The normalized spacial score (nSPS) is 13.3. The van der Waals surface area contributed by atoms with E-state index in [1.807, 2.05) is 27.7 Å². The number of hydrogen-bond acceptors (Lipinski definition) is 4. The summed E-state index contributed by atoms with van der Waals surface area (Å²) in [5.74, 6) is 1.52. The number of carbonyl (C=O) groups excluding carboxylic acids is 1. The molecule has 1 atom stereocenters. The molecule has 1 aromatic rings. The number of carbonyl (C=O) groups is 1. The minimum absolute atomic E-state index is 0.127. The molecule has 6 nitrogen and oxygen atoms in total. The van der Waals surface area contributed by atoms with Crippen molar-refractivity contribution < 1.29 is 9.00 Å². The highest BCUT2D eigenvalue weighted by molar-refractivity contribution is 7.84. The molecule has 0 saturated carbocycles. The molecule has 1 aromatic heterocycles. The van der Waals surface area contributed by atoms with E-state index in [1.54, 1.807) is 0 Å². The van der Waals surface area contributed by atoms with Gasteiger partial charge in [-0.3, -0.25) is 14.1 Å². The lowest BCUT2D eigenvalue weighted by molar-refractivity contribution is 0.0946. The van der Waals surface area contributed by atoms with Gasteiger partial charge in [0, 0.05) is 34.3 Å². The largest absolute Gasteiger partial charge is 0.348 e. The zero-order valence-electron chi connectivity index (χ0n) is 11.2. The Hall–Kier alpha value is -1.24. The van der Waals surface area contributed by atoms with Crippen LogP contribution in [0.3, 0.4) is 0 Å². The Labute approximate surface area is 109 Å². The molecule has 2 N–H and O–H groups in total. The van der Waals surface area contributed by atoms with E-state index in [4.69, 9.17) is 0 Å². The fourth-order valence-corrected chi connectivity index (χ4v) is 1.82. The molecular formula is C11H20N4O2S. The molecular weight excluding hydrogens is 252 g/mol. The number of rotatable bonds is 5. The first-order chi connectivity index (χ1) is 8.34. The average molecular weight is 272 g/mol. The van der Waals surface area contributed by atoms with Crippen molar-refractivity contribution in [1.29, 1.82) is 0 Å². The summed E-state index contributed by atoms with van der Waals surface area (Å²) in [6, 6.07) is 0. The predicted octanol–water partition coefficient (Wildman–Crippen LogP) is 0.601. The van der Waals surface area contributed by atoms with Crippen LogP contribution in [0.15, 0.2) is 0 Å². The van der Waals surface area contributed by atoms with Gasteiger partial charge in [0.25, 0.3) is 5.91 Å². The molecule has 102 valence electrons. The Bertz CT molecular complexity index is 436. The molecule has 7 heteroatoms. The van der Waals surface area contributed by atoms with Gasteiger partial charge >= 0.3 is 0 Å². The number of aromatic nitrogens is 3. The molecule has 0 bridgehead atoms. The van der Waals surface area contributed by atoms with Crippen molar-refractivity contribution in [2.24, 2.45) is 0 Å². The van der Waals surface area contributed by atoms with Crippen molar-refractivity contribution in [3.8, 4) is 0 Å². The van der Waals surface area contributed by atoms with Gasteiger partial charge < -0.3 is 5.32 Å². The number of nitrogens with one attached hydrogen (secondary N) is 2.